The standard InChI is InChI=1S/C24H32N2O3/c1-17-7-5-8-20(18(17)2)15-25-11-6-9-24(27)26-12-10-19-13-22(28-3)23(29-4)14-21(19)16-26/h5,7-8,13-14,25H,6,9-12,15-16H2,1-4H3. The molecule has 5 nitrogen and oxygen atoms in total. The number of ether oxygens (including phenoxy) is 2. The Morgan fingerprint density at radius 3 is 2.55 bits per heavy atom. The molecule has 1 heterocycles. The molecule has 29 heavy (non-hydrogen) atoms. The van der Waals surface area contributed by atoms with E-state index in [0.29, 0.717) is 13.0 Å². The van der Waals surface area contributed by atoms with E-state index in [1.54, 1.807) is 14.2 Å². The summed E-state index contributed by atoms with van der Waals surface area (Å²) >= 11 is 0. The SMILES string of the molecule is COc1cc2c(cc1OC)CN(C(=O)CCCNCc1cccc(C)c1C)CC2. The molecular weight excluding hydrogens is 364 g/mol. The van der Waals surface area contributed by atoms with Gasteiger partial charge >= 0.3 is 0 Å². The first-order valence-corrected chi connectivity index (χ1v) is 10.3. The highest BCUT2D eigenvalue weighted by molar-refractivity contribution is 5.76. The van der Waals surface area contributed by atoms with E-state index in [1.807, 2.05) is 17.0 Å². The summed E-state index contributed by atoms with van der Waals surface area (Å²) in [6.45, 7) is 7.39. The third-order valence-electron chi connectivity index (χ3n) is 5.85. The van der Waals surface area contributed by atoms with Gasteiger partial charge in [0.05, 0.1) is 14.2 Å². The molecule has 1 N–H and O–H groups in total. The summed E-state index contributed by atoms with van der Waals surface area (Å²) in [5, 5.41) is 3.47. The van der Waals surface area contributed by atoms with Crippen molar-refractivity contribution >= 4 is 5.91 Å². The van der Waals surface area contributed by atoms with Crippen molar-refractivity contribution in [1.29, 1.82) is 0 Å². The number of methoxy groups -OCH3 is 2. The Kier molecular flexibility index (Phi) is 7.15. The number of carbonyl (C=O) groups excluding carboxylic acids is 1. The summed E-state index contributed by atoms with van der Waals surface area (Å²) in [5.74, 6) is 1.69. The average molecular weight is 397 g/mol. The van der Waals surface area contributed by atoms with Crippen molar-refractivity contribution in [2.24, 2.45) is 0 Å². The van der Waals surface area contributed by atoms with Gasteiger partial charge in [-0.1, -0.05) is 18.2 Å². The van der Waals surface area contributed by atoms with Crippen LogP contribution >= 0.6 is 0 Å². The first kappa shape index (κ1) is 21.2. The second kappa shape index (κ2) is 9.79. The predicted octanol–water partition coefficient (Wildman–Crippen LogP) is 3.78. The van der Waals surface area contributed by atoms with Gasteiger partial charge in [-0.25, -0.2) is 0 Å². The minimum Gasteiger partial charge on any atom is -0.493 e. The number of rotatable bonds is 8. The Hall–Kier alpha value is -2.53. The van der Waals surface area contributed by atoms with E-state index in [2.05, 4.69) is 37.4 Å². The average Bonchev–Trinajstić information content (AvgIpc) is 2.74. The molecule has 0 spiro atoms. The van der Waals surface area contributed by atoms with E-state index < -0.39 is 0 Å². The van der Waals surface area contributed by atoms with Crippen LogP contribution in [0.1, 0.15) is 40.7 Å². The van der Waals surface area contributed by atoms with Crippen LogP contribution in [-0.4, -0.2) is 38.1 Å². The number of hydrogen-bond donors (Lipinski definition) is 1. The fourth-order valence-corrected chi connectivity index (χ4v) is 3.85. The van der Waals surface area contributed by atoms with Crippen LogP contribution in [0.25, 0.3) is 0 Å². The topological polar surface area (TPSA) is 50.8 Å². The zero-order valence-corrected chi connectivity index (χ0v) is 18.0. The second-order valence-electron chi connectivity index (χ2n) is 7.68. The van der Waals surface area contributed by atoms with E-state index in [4.69, 9.17) is 9.47 Å². The smallest absolute Gasteiger partial charge is 0.222 e. The maximum atomic E-state index is 12.7. The van der Waals surface area contributed by atoms with Crippen molar-refractivity contribution in [2.75, 3.05) is 27.3 Å². The number of nitrogens with one attached hydrogen (secondary N) is 1. The first-order valence-electron chi connectivity index (χ1n) is 10.3. The Balaban J connectivity index is 1.46. The number of carbonyl (C=O) groups is 1. The number of aryl methyl sites for hydroxylation is 1. The lowest BCUT2D eigenvalue weighted by atomic mass is 9.98. The van der Waals surface area contributed by atoms with Gasteiger partial charge in [-0.15, -0.1) is 0 Å². The van der Waals surface area contributed by atoms with Crippen LogP contribution in [0, 0.1) is 13.8 Å². The van der Waals surface area contributed by atoms with Crippen molar-refractivity contribution in [3.05, 3.63) is 58.1 Å². The van der Waals surface area contributed by atoms with Crippen LogP contribution < -0.4 is 14.8 Å². The molecule has 0 aromatic heterocycles. The van der Waals surface area contributed by atoms with E-state index in [0.717, 1.165) is 49.5 Å². The van der Waals surface area contributed by atoms with Crippen LogP contribution in [-0.2, 0) is 24.3 Å². The zero-order valence-electron chi connectivity index (χ0n) is 18.0. The third-order valence-corrected chi connectivity index (χ3v) is 5.85. The molecule has 0 unspecified atom stereocenters. The number of fused-ring (bicyclic) bond motifs is 1. The normalized spacial score (nSPS) is 13.2. The highest BCUT2D eigenvalue weighted by Gasteiger charge is 2.22. The van der Waals surface area contributed by atoms with Crippen molar-refractivity contribution in [2.45, 2.75) is 46.2 Å². The second-order valence-corrected chi connectivity index (χ2v) is 7.68. The predicted molar refractivity (Wildman–Crippen MR) is 116 cm³/mol. The van der Waals surface area contributed by atoms with Gasteiger partial charge in [0.1, 0.15) is 0 Å². The fourth-order valence-electron chi connectivity index (χ4n) is 3.85. The highest BCUT2D eigenvalue weighted by atomic mass is 16.5. The molecule has 1 aliphatic heterocycles. The lowest BCUT2D eigenvalue weighted by molar-refractivity contribution is -0.132. The molecule has 0 aliphatic carbocycles. The van der Waals surface area contributed by atoms with Crippen LogP contribution in [0.2, 0.25) is 0 Å². The fraction of sp³-hybridized carbons (Fsp3) is 0.458. The van der Waals surface area contributed by atoms with E-state index >= 15 is 0 Å². The molecule has 0 fully saturated rings. The molecule has 0 radical (unpaired) electrons. The van der Waals surface area contributed by atoms with Gasteiger partial charge < -0.3 is 19.7 Å². The van der Waals surface area contributed by atoms with Gasteiger partial charge in [0.15, 0.2) is 11.5 Å². The summed E-state index contributed by atoms with van der Waals surface area (Å²) in [6, 6.07) is 10.4. The summed E-state index contributed by atoms with van der Waals surface area (Å²) in [6.07, 6.45) is 2.27. The van der Waals surface area contributed by atoms with Crippen molar-refractivity contribution in [3.8, 4) is 11.5 Å². The van der Waals surface area contributed by atoms with Gasteiger partial charge in [-0.2, -0.15) is 0 Å². The molecule has 2 aromatic rings. The molecule has 0 atom stereocenters. The number of amides is 1. The van der Waals surface area contributed by atoms with Crippen LogP contribution in [0.3, 0.4) is 0 Å². The molecule has 2 aromatic carbocycles. The van der Waals surface area contributed by atoms with Crippen molar-refractivity contribution in [3.63, 3.8) is 0 Å². The maximum Gasteiger partial charge on any atom is 0.222 e. The summed E-state index contributed by atoms with van der Waals surface area (Å²) in [7, 11) is 3.29. The lowest BCUT2D eigenvalue weighted by Gasteiger charge is -2.29. The Morgan fingerprint density at radius 1 is 1.10 bits per heavy atom. The molecule has 156 valence electrons. The van der Waals surface area contributed by atoms with Crippen LogP contribution in [0.5, 0.6) is 11.5 Å². The van der Waals surface area contributed by atoms with E-state index in [1.165, 1.54) is 22.3 Å². The number of hydrogen-bond acceptors (Lipinski definition) is 4. The molecule has 0 saturated carbocycles. The minimum atomic E-state index is 0.221. The summed E-state index contributed by atoms with van der Waals surface area (Å²) < 4.78 is 10.8. The van der Waals surface area contributed by atoms with Crippen molar-refractivity contribution in [1.82, 2.24) is 10.2 Å². The van der Waals surface area contributed by atoms with Crippen LogP contribution in [0.4, 0.5) is 0 Å². The maximum absolute atomic E-state index is 12.7. The summed E-state index contributed by atoms with van der Waals surface area (Å²) in [4.78, 5) is 14.6. The molecule has 0 saturated heterocycles. The zero-order chi connectivity index (χ0) is 20.8. The first-order chi connectivity index (χ1) is 14.0. The Bertz CT molecular complexity index is 863. The monoisotopic (exact) mass is 396 g/mol. The van der Waals surface area contributed by atoms with Crippen LogP contribution in [0.15, 0.2) is 30.3 Å². The summed E-state index contributed by atoms with van der Waals surface area (Å²) in [5.41, 5.74) is 6.37. The quantitative estimate of drug-likeness (QED) is 0.690. The number of nitrogens with zero attached hydrogens (tertiary/aromatic N) is 1. The molecule has 5 heteroatoms. The Labute approximate surface area is 174 Å². The van der Waals surface area contributed by atoms with Gasteiger partial charge in [0.2, 0.25) is 5.91 Å². The molecular formula is C24H32N2O3. The van der Waals surface area contributed by atoms with Gasteiger partial charge in [-0.3, -0.25) is 4.79 Å². The lowest BCUT2D eigenvalue weighted by Crippen LogP contribution is -2.36. The van der Waals surface area contributed by atoms with Gasteiger partial charge in [0.25, 0.3) is 0 Å². The van der Waals surface area contributed by atoms with E-state index in [9.17, 15) is 4.79 Å². The molecule has 1 amide bonds. The molecule has 3 rings (SSSR count). The van der Waals surface area contributed by atoms with Gasteiger partial charge in [0, 0.05) is 26.1 Å². The molecule has 1 aliphatic rings. The molecule has 0 bridgehead atoms. The third kappa shape index (κ3) is 5.10. The highest BCUT2D eigenvalue weighted by Crippen LogP contribution is 2.33. The van der Waals surface area contributed by atoms with E-state index in [-0.39, 0.29) is 5.91 Å². The van der Waals surface area contributed by atoms with Gasteiger partial charge in [-0.05, 0) is 73.2 Å². The largest absolute Gasteiger partial charge is 0.493 e. The van der Waals surface area contributed by atoms with Crippen molar-refractivity contribution < 1.29 is 14.3 Å². The minimum absolute atomic E-state index is 0.221. The Morgan fingerprint density at radius 2 is 1.83 bits per heavy atom. The number of benzene rings is 2.